The highest BCUT2D eigenvalue weighted by Crippen LogP contribution is 2.38. The topological polar surface area (TPSA) is 74.7 Å². The summed E-state index contributed by atoms with van der Waals surface area (Å²) in [5.41, 5.74) is -1.50. The molecule has 0 radical (unpaired) electrons. The van der Waals surface area contributed by atoms with Crippen molar-refractivity contribution >= 4 is 11.6 Å². The standard InChI is InChI=1S/C22H15F6N3O3/c23-12-4-17(24)15(18(25)5-12)8-31-10-30-20(33)14-6-13(1-2-19(14)31)34-21-16(22(26,27)28)3-11(9-32)7-29-21/h1-7,32H,8-10H2,(H,30,33). The number of fused-ring (bicyclic) bond motifs is 1. The van der Waals surface area contributed by atoms with Gasteiger partial charge in [-0.25, -0.2) is 18.2 Å². The number of hydrogen-bond donors (Lipinski definition) is 2. The van der Waals surface area contributed by atoms with Gasteiger partial charge < -0.3 is 20.1 Å². The molecule has 0 bridgehead atoms. The average Bonchev–Trinajstić information content (AvgIpc) is 2.77. The van der Waals surface area contributed by atoms with Crippen LogP contribution in [0.25, 0.3) is 0 Å². The summed E-state index contributed by atoms with van der Waals surface area (Å²) >= 11 is 0. The predicted octanol–water partition coefficient (Wildman–Crippen LogP) is 4.51. The van der Waals surface area contributed by atoms with E-state index in [-0.39, 0.29) is 35.8 Å². The molecule has 3 aromatic rings. The Kier molecular flexibility index (Phi) is 6.09. The molecule has 178 valence electrons. The zero-order chi connectivity index (χ0) is 24.6. The van der Waals surface area contributed by atoms with E-state index in [2.05, 4.69) is 10.3 Å². The van der Waals surface area contributed by atoms with E-state index in [4.69, 9.17) is 9.84 Å². The number of benzene rings is 2. The lowest BCUT2D eigenvalue weighted by Crippen LogP contribution is -2.43. The van der Waals surface area contributed by atoms with Crippen LogP contribution < -0.4 is 15.0 Å². The molecule has 0 aliphatic carbocycles. The van der Waals surface area contributed by atoms with Crippen LogP contribution in [0.1, 0.15) is 27.0 Å². The molecular weight excluding hydrogens is 468 g/mol. The zero-order valence-electron chi connectivity index (χ0n) is 17.1. The van der Waals surface area contributed by atoms with Gasteiger partial charge in [0.15, 0.2) is 0 Å². The predicted molar refractivity (Wildman–Crippen MR) is 107 cm³/mol. The van der Waals surface area contributed by atoms with E-state index in [9.17, 15) is 31.1 Å². The number of nitrogens with zero attached hydrogens (tertiary/aromatic N) is 2. The Bertz CT molecular complexity index is 1240. The lowest BCUT2D eigenvalue weighted by Gasteiger charge is -2.31. The van der Waals surface area contributed by atoms with Crippen molar-refractivity contribution in [2.75, 3.05) is 11.6 Å². The number of alkyl halides is 3. The number of amides is 1. The van der Waals surface area contributed by atoms with Crippen LogP contribution in [-0.4, -0.2) is 22.7 Å². The maximum Gasteiger partial charge on any atom is 0.421 e. The molecule has 0 spiro atoms. The highest BCUT2D eigenvalue weighted by Gasteiger charge is 2.36. The number of anilines is 1. The van der Waals surface area contributed by atoms with Gasteiger partial charge in [-0.3, -0.25) is 4.79 Å². The lowest BCUT2D eigenvalue weighted by molar-refractivity contribution is -0.139. The number of halogens is 6. The molecule has 6 nitrogen and oxygen atoms in total. The summed E-state index contributed by atoms with van der Waals surface area (Å²) < 4.78 is 86.8. The molecule has 0 fully saturated rings. The Morgan fingerprint density at radius 1 is 1.09 bits per heavy atom. The van der Waals surface area contributed by atoms with Crippen molar-refractivity contribution in [1.82, 2.24) is 10.3 Å². The third-order valence-corrected chi connectivity index (χ3v) is 5.05. The van der Waals surface area contributed by atoms with Crippen molar-refractivity contribution < 1.29 is 41.0 Å². The maximum atomic E-state index is 14.1. The summed E-state index contributed by atoms with van der Waals surface area (Å²) in [7, 11) is 0. The molecule has 0 saturated heterocycles. The Labute approximate surface area is 188 Å². The first kappa shape index (κ1) is 23.4. The molecule has 12 heteroatoms. The fraction of sp³-hybridized carbons (Fsp3) is 0.182. The minimum atomic E-state index is -4.82. The molecule has 2 heterocycles. The van der Waals surface area contributed by atoms with Crippen molar-refractivity contribution in [3.05, 3.63) is 82.3 Å². The Hall–Kier alpha value is -3.80. The van der Waals surface area contributed by atoms with Crippen LogP contribution in [0.5, 0.6) is 11.6 Å². The smallest absolute Gasteiger partial charge is 0.421 e. The fourth-order valence-corrected chi connectivity index (χ4v) is 3.42. The molecule has 34 heavy (non-hydrogen) atoms. The van der Waals surface area contributed by atoms with Crippen LogP contribution in [-0.2, 0) is 19.3 Å². The van der Waals surface area contributed by atoms with E-state index in [0.717, 1.165) is 12.3 Å². The Morgan fingerprint density at radius 3 is 2.44 bits per heavy atom. The van der Waals surface area contributed by atoms with Crippen molar-refractivity contribution in [1.29, 1.82) is 0 Å². The first-order chi connectivity index (χ1) is 16.1. The minimum absolute atomic E-state index is 0.0211. The van der Waals surface area contributed by atoms with Gasteiger partial charge in [-0.05, 0) is 29.8 Å². The number of pyridine rings is 1. The van der Waals surface area contributed by atoms with Crippen molar-refractivity contribution in [3.63, 3.8) is 0 Å². The van der Waals surface area contributed by atoms with E-state index in [1.165, 1.54) is 17.0 Å². The number of aliphatic hydroxyl groups excluding tert-OH is 1. The molecular formula is C22H15F6N3O3. The van der Waals surface area contributed by atoms with Crippen molar-refractivity contribution in [3.8, 4) is 11.6 Å². The fourth-order valence-electron chi connectivity index (χ4n) is 3.42. The molecule has 1 amide bonds. The van der Waals surface area contributed by atoms with E-state index >= 15 is 0 Å². The van der Waals surface area contributed by atoms with E-state index < -0.39 is 53.1 Å². The van der Waals surface area contributed by atoms with Gasteiger partial charge >= 0.3 is 6.18 Å². The molecule has 1 aliphatic heterocycles. The monoisotopic (exact) mass is 483 g/mol. The van der Waals surface area contributed by atoms with Crippen LogP contribution in [0.2, 0.25) is 0 Å². The highest BCUT2D eigenvalue weighted by molar-refractivity contribution is 6.02. The van der Waals surface area contributed by atoms with Gasteiger partial charge in [-0.15, -0.1) is 0 Å². The summed E-state index contributed by atoms with van der Waals surface area (Å²) in [5.74, 6) is -4.80. The van der Waals surface area contributed by atoms with Gasteiger partial charge in [0.2, 0.25) is 5.88 Å². The number of hydrogen-bond acceptors (Lipinski definition) is 5. The van der Waals surface area contributed by atoms with Gasteiger partial charge in [0.25, 0.3) is 5.91 Å². The average molecular weight is 483 g/mol. The second-order valence-corrected chi connectivity index (χ2v) is 7.34. The number of aliphatic hydroxyl groups is 1. The minimum Gasteiger partial charge on any atom is -0.438 e. The van der Waals surface area contributed by atoms with Crippen LogP contribution in [0, 0.1) is 17.5 Å². The van der Waals surface area contributed by atoms with Gasteiger partial charge in [-0.2, -0.15) is 13.2 Å². The van der Waals surface area contributed by atoms with Gasteiger partial charge in [0, 0.05) is 23.9 Å². The maximum absolute atomic E-state index is 14.1. The number of rotatable bonds is 5. The molecule has 4 rings (SSSR count). The lowest BCUT2D eigenvalue weighted by atomic mass is 10.1. The van der Waals surface area contributed by atoms with Crippen LogP contribution >= 0.6 is 0 Å². The SMILES string of the molecule is O=C1NCN(Cc2c(F)cc(F)cc2F)c2ccc(Oc3ncc(CO)cc3C(F)(F)F)cc21. The number of carbonyl (C=O) groups is 1. The third-order valence-electron chi connectivity index (χ3n) is 5.05. The highest BCUT2D eigenvalue weighted by atomic mass is 19.4. The third kappa shape index (κ3) is 4.62. The molecule has 1 aliphatic rings. The molecule has 1 aromatic heterocycles. The number of carbonyl (C=O) groups excluding carboxylic acids is 1. The first-order valence-electron chi connectivity index (χ1n) is 9.72. The normalized spacial score (nSPS) is 13.5. The summed E-state index contributed by atoms with van der Waals surface area (Å²) in [6.45, 7) is -1.13. The molecule has 2 N–H and O–H groups in total. The van der Waals surface area contributed by atoms with Crippen molar-refractivity contribution in [2.24, 2.45) is 0 Å². The van der Waals surface area contributed by atoms with E-state index in [1.807, 2.05) is 0 Å². The van der Waals surface area contributed by atoms with Crippen LogP contribution in [0.15, 0.2) is 42.6 Å². The quantitative estimate of drug-likeness (QED) is 0.523. The van der Waals surface area contributed by atoms with Gasteiger partial charge in [-0.1, -0.05) is 0 Å². The summed E-state index contributed by atoms with van der Waals surface area (Å²) in [5, 5.41) is 11.6. The summed E-state index contributed by atoms with van der Waals surface area (Å²) in [6.07, 6.45) is -3.80. The number of ether oxygens (including phenoxy) is 1. The number of aromatic nitrogens is 1. The largest absolute Gasteiger partial charge is 0.438 e. The van der Waals surface area contributed by atoms with Gasteiger partial charge in [0.05, 0.1) is 31.1 Å². The summed E-state index contributed by atoms with van der Waals surface area (Å²) in [4.78, 5) is 17.4. The first-order valence-corrected chi connectivity index (χ1v) is 9.72. The van der Waals surface area contributed by atoms with Crippen molar-refractivity contribution in [2.45, 2.75) is 19.3 Å². The second-order valence-electron chi connectivity index (χ2n) is 7.34. The van der Waals surface area contributed by atoms with E-state index in [0.29, 0.717) is 18.2 Å². The Morgan fingerprint density at radius 2 is 1.79 bits per heavy atom. The number of nitrogens with one attached hydrogen (secondary N) is 1. The molecule has 0 atom stereocenters. The molecule has 2 aromatic carbocycles. The van der Waals surface area contributed by atoms with Gasteiger partial charge in [0.1, 0.15) is 28.8 Å². The second kappa shape index (κ2) is 8.86. The van der Waals surface area contributed by atoms with E-state index in [1.54, 1.807) is 0 Å². The zero-order valence-corrected chi connectivity index (χ0v) is 17.1. The Balaban J connectivity index is 1.66. The molecule has 0 unspecified atom stereocenters. The van der Waals surface area contributed by atoms with Crippen LogP contribution in [0.3, 0.4) is 0 Å². The summed E-state index contributed by atoms with van der Waals surface area (Å²) in [6, 6.07) is 5.54. The van der Waals surface area contributed by atoms with Crippen LogP contribution in [0.4, 0.5) is 32.0 Å². The molecule has 0 saturated carbocycles.